The molecule has 34 heavy (non-hydrogen) atoms. The number of carbonyl (C=O) groups is 2. The number of rotatable bonds is 4. The van der Waals surface area contributed by atoms with Crippen molar-refractivity contribution in [2.45, 2.75) is 45.4 Å². The monoisotopic (exact) mass is 469 g/mol. The standard InChI is InChI=1S/C28H27N3O2S/c1-16-9-10-23(29-15-16)31-28(33)24-18(3)30-21-13-20(19-7-5-4-6-8-19)14-22(32)25(21)26(24)27-17(2)11-12-34-27/h4-12,15,20,26,30H,13-14H2,1-3H3,(H,29,31,33)/t20-,26-/m0/s1. The zero-order chi connectivity index (χ0) is 23.8. The average molecular weight is 470 g/mol. The molecule has 2 aliphatic rings. The highest BCUT2D eigenvalue weighted by Crippen LogP contribution is 2.47. The number of Topliss-reactive ketones (excluding diaryl/α,β-unsaturated/α-hetero) is 1. The fourth-order valence-electron chi connectivity index (χ4n) is 4.97. The van der Waals surface area contributed by atoms with Crippen LogP contribution in [0.25, 0.3) is 0 Å². The second kappa shape index (κ2) is 9.03. The molecule has 1 amide bonds. The summed E-state index contributed by atoms with van der Waals surface area (Å²) >= 11 is 1.60. The van der Waals surface area contributed by atoms with Crippen LogP contribution >= 0.6 is 11.3 Å². The summed E-state index contributed by atoms with van der Waals surface area (Å²) < 4.78 is 0. The Morgan fingerprint density at radius 3 is 2.53 bits per heavy atom. The summed E-state index contributed by atoms with van der Waals surface area (Å²) in [5.41, 5.74) is 6.31. The third-order valence-corrected chi connectivity index (χ3v) is 7.74. The van der Waals surface area contributed by atoms with Crippen molar-refractivity contribution in [1.29, 1.82) is 0 Å². The van der Waals surface area contributed by atoms with Crippen LogP contribution in [0, 0.1) is 13.8 Å². The number of thiophene rings is 1. The first-order valence-corrected chi connectivity index (χ1v) is 12.4. The predicted molar refractivity (Wildman–Crippen MR) is 136 cm³/mol. The second-order valence-corrected chi connectivity index (χ2v) is 10.0. The smallest absolute Gasteiger partial charge is 0.255 e. The van der Waals surface area contributed by atoms with Crippen LogP contribution in [0.4, 0.5) is 5.82 Å². The molecule has 0 fully saturated rings. The lowest BCUT2D eigenvalue weighted by Crippen LogP contribution is -2.37. The number of allylic oxidation sites excluding steroid dienone is 3. The quantitative estimate of drug-likeness (QED) is 0.510. The fourth-order valence-corrected chi connectivity index (χ4v) is 6.01. The van der Waals surface area contributed by atoms with Gasteiger partial charge in [-0.15, -0.1) is 11.3 Å². The van der Waals surface area contributed by atoms with E-state index in [-0.39, 0.29) is 23.5 Å². The average Bonchev–Trinajstić information content (AvgIpc) is 3.25. The van der Waals surface area contributed by atoms with Crippen molar-refractivity contribution in [1.82, 2.24) is 10.3 Å². The van der Waals surface area contributed by atoms with Crippen molar-refractivity contribution in [2.75, 3.05) is 5.32 Å². The van der Waals surface area contributed by atoms with Crippen LogP contribution in [0.1, 0.15) is 53.2 Å². The van der Waals surface area contributed by atoms with Gasteiger partial charge >= 0.3 is 0 Å². The van der Waals surface area contributed by atoms with Crippen molar-refractivity contribution in [3.8, 4) is 0 Å². The fraction of sp³-hybridized carbons (Fsp3) is 0.250. The Morgan fingerprint density at radius 2 is 1.85 bits per heavy atom. The van der Waals surface area contributed by atoms with E-state index in [0.29, 0.717) is 17.8 Å². The van der Waals surface area contributed by atoms with Crippen LogP contribution in [-0.2, 0) is 9.59 Å². The molecule has 172 valence electrons. The molecule has 1 aliphatic heterocycles. The Hall–Kier alpha value is -3.51. The van der Waals surface area contributed by atoms with Gasteiger partial charge in [-0.25, -0.2) is 4.98 Å². The number of benzene rings is 1. The molecule has 0 unspecified atom stereocenters. The predicted octanol–water partition coefficient (Wildman–Crippen LogP) is 5.76. The van der Waals surface area contributed by atoms with Crippen LogP contribution in [0.3, 0.4) is 0 Å². The van der Waals surface area contributed by atoms with Gasteiger partial charge in [-0.05, 0) is 67.3 Å². The lowest BCUT2D eigenvalue weighted by molar-refractivity contribution is -0.116. The molecule has 6 heteroatoms. The van der Waals surface area contributed by atoms with E-state index in [1.807, 2.05) is 50.4 Å². The van der Waals surface area contributed by atoms with E-state index in [9.17, 15) is 9.59 Å². The molecule has 2 aromatic heterocycles. The van der Waals surface area contributed by atoms with Gasteiger partial charge in [-0.2, -0.15) is 0 Å². The van der Waals surface area contributed by atoms with Crippen molar-refractivity contribution < 1.29 is 9.59 Å². The zero-order valence-electron chi connectivity index (χ0n) is 19.5. The first kappa shape index (κ1) is 22.3. The second-order valence-electron chi connectivity index (χ2n) is 9.07. The lowest BCUT2D eigenvalue weighted by atomic mass is 9.73. The summed E-state index contributed by atoms with van der Waals surface area (Å²) in [4.78, 5) is 32.6. The number of nitrogens with one attached hydrogen (secondary N) is 2. The summed E-state index contributed by atoms with van der Waals surface area (Å²) in [5.74, 6) is 0.114. The van der Waals surface area contributed by atoms with Gasteiger partial charge in [0.05, 0.1) is 5.92 Å². The van der Waals surface area contributed by atoms with Crippen molar-refractivity contribution >= 4 is 28.8 Å². The highest BCUT2D eigenvalue weighted by Gasteiger charge is 2.41. The van der Waals surface area contributed by atoms with Gasteiger partial charge in [-0.3, -0.25) is 9.59 Å². The maximum atomic E-state index is 13.6. The number of ketones is 1. The van der Waals surface area contributed by atoms with Crippen molar-refractivity contribution in [2.24, 2.45) is 0 Å². The Balaban J connectivity index is 1.55. The van der Waals surface area contributed by atoms with E-state index in [1.165, 1.54) is 5.56 Å². The molecule has 0 saturated heterocycles. The molecule has 0 bridgehead atoms. The maximum absolute atomic E-state index is 13.6. The number of dihydropyridines is 1. The Kier molecular flexibility index (Phi) is 5.92. The first-order valence-electron chi connectivity index (χ1n) is 11.5. The molecule has 2 atom stereocenters. The van der Waals surface area contributed by atoms with E-state index in [1.54, 1.807) is 23.6 Å². The van der Waals surface area contributed by atoms with Gasteiger partial charge in [0, 0.05) is 40.0 Å². The van der Waals surface area contributed by atoms with Crippen LogP contribution in [0.15, 0.2) is 82.6 Å². The molecule has 5 nitrogen and oxygen atoms in total. The van der Waals surface area contributed by atoms with Gasteiger partial charge in [0.2, 0.25) is 0 Å². The first-order chi connectivity index (χ1) is 16.4. The number of hydrogen-bond donors (Lipinski definition) is 2. The molecule has 3 aromatic rings. The summed E-state index contributed by atoms with van der Waals surface area (Å²) in [5, 5.41) is 8.42. The van der Waals surface area contributed by atoms with Gasteiger partial charge in [-0.1, -0.05) is 36.4 Å². The number of hydrogen-bond acceptors (Lipinski definition) is 5. The van der Waals surface area contributed by atoms with E-state index in [2.05, 4.69) is 33.8 Å². The number of pyridine rings is 1. The SMILES string of the molecule is CC1=C(C(=O)Nc2ccc(C)cn2)[C@H](c2sccc2C)C2=C(C[C@H](c3ccccc3)CC2=O)N1. The molecular weight excluding hydrogens is 442 g/mol. The Labute approximate surface area is 203 Å². The van der Waals surface area contributed by atoms with Crippen molar-refractivity contribution in [3.63, 3.8) is 0 Å². The zero-order valence-corrected chi connectivity index (χ0v) is 20.3. The summed E-state index contributed by atoms with van der Waals surface area (Å²) in [6, 6.07) is 16.0. The van der Waals surface area contributed by atoms with Crippen LogP contribution in [0.5, 0.6) is 0 Å². The molecule has 5 rings (SSSR count). The molecule has 1 aliphatic carbocycles. The molecular formula is C28H27N3O2S. The van der Waals surface area contributed by atoms with Crippen molar-refractivity contribution in [3.05, 3.63) is 104 Å². The molecule has 3 heterocycles. The molecule has 0 radical (unpaired) electrons. The van der Waals surface area contributed by atoms with Gasteiger partial charge in [0.15, 0.2) is 5.78 Å². The number of anilines is 1. The Morgan fingerprint density at radius 1 is 1.06 bits per heavy atom. The summed E-state index contributed by atoms with van der Waals surface area (Å²) in [6.07, 6.45) is 2.92. The highest BCUT2D eigenvalue weighted by atomic mass is 32.1. The number of nitrogens with zero attached hydrogens (tertiary/aromatic N) is 1. The van der Waals surface area contributed by atoms with E-state index in [4.69, 9.17) is 0 Å². The third kappa shape index (κ3) is 4.10. The van der Waals surface area contributed by atoms with Crippen LogP contribution in [0.2, 0.25) is 0 Å². The van der Waals surface area contributed by atoms with Crippen LogP contribution < -0.4 is 10.6 Å². The van der Waals surface area contributed by atoms with Gasteiger partial charge in [0.1, 0.15) is 5.82 Å². The molecule has 0 spiro atoms. The minimum Gasteiger partial charge on any atom is -0.362 e. The minimum absolute atomic E-state index is 0.103. The van der Waals surface area contributed by atoms with E-state index in [0.717, 1.165) is 39.4 Å². The van der Waals surface area contributed by atoms with Crippen LogP contribution in [-0.4, -0.2) is 16.7 Å². The minimum atomic E-state index is -0.383. The number of amides is 1. The largest absolute Gasteiger partial charge is 0.362 e. The number of aryl methyl sites for hydroxylation is 2. The lowest BCUT2D eigenvalue weighted by Gasteiger charge is -2.36. The topological polar surface area (TPSA) is 71.1 Å². The summed E-state index contributed by atoms with van der Waals surface area (Å²) in [7, 11) is 0. The Bertz CT molecular complexity index is 1320. The van der Waals surface area contributed by atoms with E-state index < -0.39 is 0 Å². The maximum Gasteiger partial charge on any atom is 0.255 e. The molecule has 1 aromatic carbocycles. The number of aromatic nitrogens is 1. The van der Waals surface area contributed by atoms with Gasteiger partial charge in [0.25, 0.3) is 5.91 Å². The normalized spacial score (nSPS) is 20.1. The molecule has 0 saturated carbocycles. The number of carbonyl (C=O) groups excluding carboxylic acids is 2. The third-order valence-electron chi connectivity index (χ3n) is 6.66. The van der Waals surface area contributed by atoms with Gasteiger partial charge < -0.3 is 10.6 Å². The molecule has 2 N–H and O–H groups in total. The summed E-state index contributed by atoms with van der Waals surface area (Å²) in [6.45, 7) is 5.92. The highest BCUT2D eigenvalue weighted by molar-refractivity contribution is 7.10. The van der Waals surface area contributed by atoms with E-state index >= 15 is 0 Å².